The van der Waals surface area contributed by atoms with Crippen LogP contribution in [0.15, 0.2) is 57.9 Å². The summed E-state index contributed by atoms with van der Waals surface area (Å²) in [6.45, 7) is 1.14. The number of nitrogens with one attached hydrogen (secondary N) is 1. The summed E-state index contributed by atoms with van der Waals surface area (Å²) >= 11 is 3.30. The number of fused-ring (bicyclic) bond motifs is 1. The minimum Gasteiger partial charge on any atom is -0.335 e. The molecule has 2 aromatic carbocycles. The Morgan fingerprint density at radius 3 is 2.41 bits per heavy atom. The van der Waals surface area contributed by atoms with E-state index in [-0.39, 0.29) is 23.9 Å². The lowest BCUT2D eigenvalue weighted by Crippen LogP contribution is -2.50. The first-order valence-corrected chi connectivity index (χ1v) is 10.7. The molecule has 27 heavy (non-hydrogen) atoms. The number of hydrogen-bond acceptors (Lipinski definition) is 4. The summed E-state index contributed by atoms with van der Waals surface area (Å²) in [5.74, 6) is -0.189. The lowest BCUT2D eigenvalue weighted by molar-refractivity contribution is 0.0694. The molecule has 1 aliphatic rings. The third-order valence-corrected chi connectivity index (χ3v) is 7.56. The molecular formula is C18H17BrN4O3S. The number of rotatable bonds is 3. The molecule has 0 aliphatic carbocycles. The topological polar surface area (TPSA) is 86.4 Å². The summed E-state index contributed by atoms with van der Waals surface area (Å²) in [7, 11) is -3.60. The lowest BCUT2D eigenvalue weighted by Gasteiger charge is -2.33. The van der Waals surface area contributed by atoms with Gasteiger partial charge in [-0.15, -0.1) is 0 Å². The number of carbonyl (C=O) groups excluding carboxylic acids is 1. The van der Waals surface area contributed by atoms with Crippen molar-refractivity contribution in [2.45, 2.75) is 4.90 Å². The molecule has 0 unspecified atom stereocenters. The molecule has 4 rings (SSSR count). The predicted molar refractivity (Wildman–Crippen MR) is 105 cm³/mol. The number of H-pyrrole nitrogens is 1. The molecule has 3 aromatic rings. The minimum atomic E-state index is -3.60. The first kappa shape index (κ1) is 18.1. The summed E-state index contributed by atoms with van der Waals surface area (Å²) < 4.78 is 27.7. The second-order valence-corrected chi connectivity index (χ2v) is 9.01. The summed E-state index contributed by atoms with van der Waals surface area (Å²) in [5.41, 5.74) is 1.17. The van der Waals surface area contributed by atoms with Crippen LogP contribution >= 0.6 is 15.9 Å². The first-order chi connectivity index (χ1) is 13.0. The number of nitrogens with zero attached hydrogens (tertiary/aromatic N) is 3. The van der Waals surface area contributed by atoms with Gasteiger partial charge in [0.05, 0.1) is 10.4 Å². The molecule has 7 nitrogen and oxygen atoms in total. The van der Waals surface area contributed by atoms with Crippen LogP contribution < -0.4 is 0 Å². The average molecular weight is 449 g/mol. The zero-order valence-electron chi connectivity index (χ0n) is 14.3. The van der Waals surface area contributed by atoms with E-state index in [1.807, 2.05) is 24.3 Å². The number of para-hydroxylation sites is 1. The maximum absolute atomic E-state index is 12.9. The number of piperazine rings is 1. The molecule has 1 fully saturated rings. The fourth-order valence-electron chi connectivity index (χ4n) is 3.20. The number of aromatic nitrogens is 2. The van der Waals surface area contributed by atoms with Crippen LogP contribution in [0.2, 0.25) is 0 Å². The maximum atomic E-state index is 12.9. The molecular weight excluding hydrogens is 432 g/mol. The van der Waals surface area contributed by atoms with Crippen molar-refractivity contribution in [3.63, 3.8) is 0 Å². The SMILES string of the molecule is O=C(c1n[nH]c2ccccc12)N1CCN(S(=O)(=O)c2ccccc2Br)CC1. The van der Waals surface area contributed by atoms with Gasteiger partial charge in [-0.25, -0.2) is 8.42 Å². The first-order valence-electron chi connectivity index (χ1n) is 8.45. The Morgan fingerprint density at radius 1 is 1.00 bits per heavy atom. The third kappa shape index (κ3) is 3.26. The Hall–Kier alpha value is -2.23. The van der Waals surface area contributed by atoms with Crippen LogP contribution in [0.4, 0.5) is 0 Å². The van der Waals surface area contributed by atoms with Crippen molar-refractivity contribution in [2.24, 2.45) is 0 Å². The number of amides is 1. The molecule has 1 amide bonds. The molecule has 1 aromatic heterocycles. The minimum absolute atomic E-state index is 0.189. The van der Waals surface area contributed by atoms with Gasteiger partial charge in [-0.2, -0.15) is 9.40 Å². The van der Waals surface area contributed by atoms with Crippen LogP contribution in [0, 0.1) is 0 Å². The smallest absolute Gasteiger partial charge is 0.275 e. The van der Waals surface area contributed by atoms with E-state index in [2.05, 4.69) is 26.1 Å². The molecule has 0 spiro atoms. The van der Waals surface area contributed by atoms with Crippen molar-refractivity contribution in [1.82, 2.24) is 19.4 Å². The molecule has 0 atom stereocenters. The normalized spacial score (nSPS) is 16.0. The van der Waals surface area contributed by atoms with E-state index in [9.17, 15) is 13.2 Å². The van der Waals surface area contributed by atoms with Gasteiger partial charge in [0.2, 0.25) is 10.0 Å². The Morgan fingerprint density at radius 2 is 1.67 bits per heavy atom. The van der Waals surface area contributed by atoms with Crippen LogP contribution in [-0.2, 0) is 10.0 Å². The van der Waals surface area contributed by atoms with Crippen LogP contribution in [-0.4, -0.2) is 59.9 Å². The quantitative estimate of drug-likeness (QED) is 0.666. The lowest BCUT2D eigenvalue weighted by atomic mass is 10.2. The standard InChI is InChI=1S/C18H17BrN4O3S/c19-14-6-2-4-8-16(14)27(25,26)23-11-9-22(10-12-23)18(24)17-13-5-1-3-7-15(13)20-21-17/h1-8H,9-12H2,(H,20,21). The number of halogens is 1. The van der Waals surface area contributed by atoms with E-state index in [0.29, 0.717) is 23.3 Å². The van der Waals surface area contributed by atoms with Crippen LogP contribution in [0.1, 0.15) is 10.5 Å². The van der Waals surface area contributed by atoms with Crippen molar-refractivity contribution in [3.05, 3.63) is 58.7 Å². The Balaban J connectivity index is 1.51. The van der Waals surface area contributed by atoms with Crippen LogP contribution in [0.5, 0.6) is 0 Å². The third-order valence-electron chi connectivity index (χ3n) is 4.65. The van der Waals surface area contributed by atoms with Gasteiger partial charge in [0.15, 0.2) is 5.69 Å². The van der Waals surface area contributed by atoms with E-state index >= 15 is 0 Å². The number of hydrogen-bond donors (Lipinski definition) is 1. The number of carbonyl (C=O) groups is 1. The van der Waals surface area contributed by atoms with Crippen molar-refractivity contribution >= 4 is 42.8 Å². The van der Waals surface area contributed by atoms with Crippen molar-refractivity contribution in [3.8, 4) is 0 Å². The Labute approximate surface area is 165 Å². The Bertz CT molecular complexity index is 1100. The zero-order chi connectivity index (χ0) is 19.0. The second-order valence-electron chi connectivity index (χ2n) is 6.24. The molecule has 0 radical (unpaired) electrons. The Kier molecular flexibility index (Phi) is 4.75. The fraction of sp³-hybridized carbons (Fsp3) is 0.222. The zero-order valence-corrected chi connectivity index (χ0v) is 16.7. The summed E-state index contributed by atoms with van der Waals surface area (Å²) in [6, 6.07) is 14.2. The van der Waals surface area contributed by atoms with Crippen molar-refractivity contribution in [2.75, 3.05) is 26.2 Å². The summed E-state index contributed by atoms with van der Waals surface area (Å²) in [5, 5.41) is 7.77. The maximum Gasteiger partial charge on any atom is 0.275 e. The van der Waals surface area contributed by atoms with Crippen molar-refractivity contribution in [1.29, 1.82) is 0 Å². The molecule has 0 saturated carbocycles. The van der Waals surface area contributed by atoms with E-state index < -0.39 is 10.0 Å². The number of sulfonamides is 1. The molecule has 1 aliphatic heterocycles. The molecule has 0 bridgehead atoms. The number of aromatic amines is 1. The highest BCUT2D eigenvalue weighted by Gasteiger charge is 2.32. The van der Waals surface area contributed by atoms with Gasteiger partial charge < -0.3 is 4.90 Å². The monoisotopic (exact) mass is 448 g/mol. The van der Waals surface area contributed by atoms with Gasteiger partial charge in [0.1, 0.15) is 0 Å². The molecule has 2 heterocycles. The van der Waals surface area contributed by atoms with Gasteiger partial charge in [0, 0.05) is 36.0 Å². The van der Waals surface area contributed by atoms with Crippen molar-refractivity contribution < 1.29 is 13.2 Å². The number of benzene rings is 2. The van der Waals surface area contributed by atoms with E-state index in [1.54, 1.807) is 29.2 Å². The largest absolute Gasteiger partial charge is 0.335 e. The highest BCUT2D eigenvalue weighted by atomic mass is 79.9. The van der Waals surface area contributed by atoms with Gasteiger partial charge in [-0.3, -0.25) is 9.89 Å². The van der Waals surface area contributed by atoms with Gasteiger partial charge in [0.25, 0.3) is 5.91 Å². The fourth-order valence-corrected chi connectivity index (χ4v) is 5.59. The second kappa shape index (κ2) is 7.06. The van der Waals surface area contributed by atoms with E-state index in [4.69, 9.17) is 0 Å². The summed E-state index contributed by atoms with van der Waals surface area (Å²) in [6.07, 6.45) is 0. The average Bonchev–Trinajstić information content (AvgIpc) is 3.12. The van der Waals surface area contributed by atoms with Gasteiger partial charge in [-0.1, -0.05) is 30.3 Å². The molecule has 140 valence electrons. The predicted octanol–water partition coefficient (Wildman–Crippen LogP) is 2.47. The molecule has 9 heteroatoms. The molecule has 1 N–H and O–H groups in total. The van der Waals surface area contributed by atoms with Gasteiger partial charge >= 0.3 is 0 Å². The van der Waals surface area contributed by atoms with Crippen LogP contribution in [0.3, 0.4) is 0 Å². The van der Waals surface area contributed by atoms with E-state index in [1.165, 1.54) is 4.31 Å². The van der Waals surface area contributed by atoms with Gasteiger partial charge in [-0.05, 0) is 34.1 Å². The molecule has 1 saturated heterocycles. The highest BCUT2D eigenvalue weighted by Crippen LogP contribution is 2.26. The highest BCUT2D eigenvalue weighted by molar-refractivity contribution is 9.10. The summed E-state index contributed by atoms with van der Waals surface area (Å²) in [4.78, 5) is 14.7. The van der Waals surface area contributed by atoms with Crippen LogP contribution in [0.25, 0.3) is 10.9 Å². The van der Waals surface area contributed by atoms with E-state index in [0.717, 1.165) is 10.9 Å².